The SMILES string of the molecule is CC1(C)CN(CC2(CO)CCCCCC2)CC(C)(C)O1. The highest BCUT2D eigenvalue weighted by Crippen LogP contribution is 2.37. The highest BCUT2D eigenvalue weighted by molar-refractivity contribution is 4.93. The van der Waals surface area contributed by atoms with Crippen LogP contribution in [0.15, 0.2) is 0 Å². The number of morpholine rings is 1. The Balaban J connectivity index is 2.06. The zero-order valence-corrected chi connectivity index (χ0v) is 13.9. The van der Waals surface area contributed by atoms with Gasteiger partial charge < -0.3 is 9.84 Å². The second kappa shape index (κ2) is 5.94. The maximum atomic E-state index is 10.00. The lowest BCUT2D eigenvalue weighted by atomic mass is 9.80. The van der Waals surface area contributed by atoms with E-state index < -0.39 is 0 Å². The van der Waals surface area contributed by atoms with Gasteiger partial charge in [-0.05, 0) is 40.5 Å². The molecule has 0 aromatic carbocycles. The third-order valence-corrected chi connectivity index (χ3v) is 4.82. The van der Waals surface area contributed by atoms with Crippen LogP contribution in [0, 0.1) is 5.41 Å². The molecule has 0 aromatic rings. The van der Waals surface area contributed by atoms with Crippen LogP contribution < -0.4 is 0 Å². The normalized spacial score (nSPS) is 29.9. The molecule has 0 atom stereocenters. The van der Waals surface area contributed by atoms with Crippen molar-refractivity contribution in [2.45, 2.75) is 77.4 Å². The van der Waals surface area contributed by atoms with E-state index in [1.807, 2.05) is 0 Å². The molecule has 2 rings (SSSR count). The molecule has 0 spiro atoms. The predicted octanol–water partition coefficient (Wildman–Crippen LogP) is 3.21. The second-order valence-corrected chi connectivity index (χ2v) is 8.34. The summed E-state index contributed by atoms with van der Waals surface area (Å²) in [6.07, 6.45) is 7.59. The van der Waals surface area contributed by atoms with Gasteiger partial charge in [0.15, 0.2) is 0 Å². The van der Waals surface area contributed by atoms with Gasteiger partial charge in [-0.2, -0.15) is 0 Å². The summed E-state index contributed by atoms with van der Waals surface area (Å²) in [6, 6.07) is 0. The Bertz CT molecular complexity index is 301. The Morgan fingerprint density at radius 1 is 0.900 bits per heavy atom. The number of nitrogens with zero attached hydrogens (tertiary/aromatic N) is 1. The van der Waals surface area contributed by atoms with E-state index in [4.69, 9.17) is 4.74 Å². The van der Waals surface area contributed by atoms with E-state index in [9.17, 15) is 5.11 Å². The van der Waals surface area contributed by atoms with E-state index in [-0.39, 0.29) is 16.6 Å². The molecule has 1 aliphatic heterocycles. The van der Waals surface area contributed by atoms with Crippen LogP contribution in [0.4, 0.5) is 0 Å². The number of rotatable bonds is 3. The first-order chi connectivity index (χ1) is 9.26. The molecule has 118 valence electrons. The molecule has 0 unspecified atom stereocenters. The molecule has 1 heterocycles. The van der Waals surface area contributed by atoms with Crippen molar-refractivity contribution in [3.8, 4) is 0 Å². The maximum absolute atomic E-state index is 10.00. The summed E-state index contributed by atoms with van der Waals surface area (Å²) >= 11 is 0. The van der Waals surface area contributed by atoms with Crippen LogP contribution in [-0.2, 0) is 4.74 Å². The van der Waals surface area contributed by atoms with Crippen LogP contribution in [0.5, 0.6) is 0 Å². The Labute approximate surface area is 124 Å². The van der Waals surface area contributed by atoms with Crippen LogP contribution in [0.25, 0.3) is 0 Å². The molecule has 1 aliphatic carbocycles. The van der Waals surface area contributed by atoms with Crippen molar-refractivity contribution >= 4 is 0 Å². The van der Waals surface area contributed by atoms with E-state index in [1.54, 1.807) is 0 Å². The Kier molecular flexibility index (Phi) is 4.83. The van der Waals surface area contributed by atoms with Crippen molar-refractivity contribution in [1.29, 1.82) is 0 Å². The lowest BCUT2D eigenvalue weighted by molar-refractivity contribution is -0.186. The van der Waals surface area contributed by atoms with Crippen LogP contribution in [0.1, 0.15) is 66.2 Å². The highest BCUT2D eigenvalue weighted by Gasteiger charge is 2.41. The lowest BCUT2D eigenvalue weighted by Crippen LogP contribution is -2.59. The average Bonchev–Trinajstić information content (AvgIpc) is 2.51. The molecule has 2 fully saturated rings. The zero-order chi connectivity index (χ0) is 14.9. The fourth-order valence-electron chi connectivity index (χ4n) is 4.38. The molecule has 2 aliphatic rings. The number of hydrogen-bond donors (Lipinski definition) is 1. The molecular weight excluding hydrogens is 250 g/mol. The Morgan fingerprint density at radius 3 is 1.85 bits per heavy atom. The fourth-order valence-corrected chi connectivity index (χ4v) is 4.38. The van der Waals surface area contributed by atoms with Gasteiger partial charge in [-0.1, -0.05) is 25.7 Å². The molecule has 3 nitrogen and oxygen atoms in total. The summed E-state index contributed by atoms with van der Waals surface area (Å²) in [7, 11) is 0. The summed E-state index contributed by atoms with van der Waals surface area (Å²) in [5.74, 6) is 0. The number of ether oxygens (including phenoxy) is 1. The lowest BCUT2D eigenvalue weighted by Gasteiger charge is -2.49. The summed E-state index contributed by atoms with van der Waals surface area (Å²) < 4.78 is 6.17. The molecule has 1 saturated heterocycles. The Morgan fingerprint density at radius 2 is 1.40 bits per heavy atom. The number of aliphatic hydroxyl groups excluding tert-OH is 1. The zero-order valence-electron chi connectivity index (χ0n) is 13.9. The van der Waals surface area contributed by atoms with E-state index in [0.717, 1.165) is 19.6 Å². The van der Waals surface area contributed by atoms with Gasteiger partial charge in [-0.15, -0.1) is 0 Å². The van der Waals surface area contributed by atoms with Crippen LogP contribution in [0.2, 0.25) is 0 Å². The molecule has 1 saturated carbocycles. The van der Waals surface area contributed by atoms with Gasteiger partial charge in [-0.3, -0.25) is 4.90 Å². The molecule has 3 heteroatoms. The second-order valence-electron chi connectivity index (χ2n) is 8.34. The van der Waals surface area contributed by atoms with Crippen molar-refractivity contribution in [1.82, 2.24) is 4.90 Å². The van der Waals surface area contributed by atoms with Crippen molar-refractivity contribution < 1.29 is 9.84 Å². The van der Waals surface area contributed by atoms with Crippen molar-refractivity contribution in [3.05, 3.63) is 0 Å². The standard InChI is InChI=1S/C17H33NO2/c1-15(2)11-18(12-16(3,4)20-15)13-17(14-19)9-7-5-6-8-10-17/h19H,5-14H2,1-4H3. The first kappa shape index (κ1) is 16.3. The summed E-state index contributed by atoms with van der Waals surface area (Å²) in [5, 5.41) is 10.00. The molecule has 0 radical (unpaired) electrons. The molecule has 0 aromatic heterocycles. The minimum absolute atomic E-state index is 0.0941. The topological polar surface area (TPSA) is 32.7 Å². The molecular formula is C17H33NO2. The van der Waals surface area contributed by atoms with E-state index in [2.05, 4.69) is 32.6 Å². The molecule has 1 N–H and O–H groups in total. The van der Waals surface area contributed by atoms with Gasteiger partial charge in [-0.25, -0.2) is 0 Å². The van der Waals surface area contributed by atoms with Gasteiger partial charge in [0, 0.05) is 31.7 Å². The van der Waals surface area contributed by atoms with Crippen LogP contribution in [-0.4, -0.2) is 47.4 Å². The summed E-state index contributed by atoms with van der Waals surface area (Å²) in [5.41, 5.74) is -0.0632. The molecule has 20 heavy (non-hydrogen) atoms. The van der Waals surface area contributed by atoms with E-state index >= 15 is 0 Å². The van der Waals surface area contributed by atoms with Gasteiger partial charge in [0.25, 0.3) is 0 Å². The third-order valence-electron chi connectivity index (χ3n) is 4.82. The van der Waals surface area contributed by atoms with Crippen molar-refractivity contribution in [3.63, 3.8) is 0 Å². The fraction of sp³-hybridized carbons (Fsp3) is 1.00. The quantitative estimate of drug-likeness (QED) is 0.807. The minimum Gasteiger partial charge on any atom is -0.396 e. The van der Waals surface area contributed by atoms with Gasteiger partial charge >= 0.3 is 0 Å². The van der Waals surface area contributed by atoms with E-state index in [1.165, 1.54) is 38.5 Å². The highest BCUT2D eigenvalue weighted by atomic mass is 16.5. The van der Waals surface area contributed by atoms with Crippen LogP contribution in [0.3, 0.4) is 0 Å². The van der Waals surface area contributed by atoms with Crippen LogP contribution >= 0.6 is 0 Å². The van der Waals surface area contributed by atoms with Gasteiger partial charge in [0.1, 0.15) is 0 Å². The number of hydrogen-bond acceptors (Lipinski definition) is 3. The number of aliphatic hydroxyl groups is 1. The first-order valence-electron chi connectivity index (χ1n) is 8.29. The summed E-state index contributed by atoms with van der Waals surface area (Å²) in [4.78, 5) is 2.53. The van der Waals surface area contributed by atoms with Crippen molar-refractivity contribution in [2.24, 2.45) is 5.41 Å². The Hall–Kier alpha value is -0.120. The predicted molar refractivity (Wildman–Crippen MR) is 82.9 cm³/mol. The molecule has 0 amide bonds. The summed E-state index contributed by atoms with van der Waals surface area (Å²) in [6.45, 7) is 12.0. The smallest absolute Gasteiger partial charge is 0.0760 e. The minimum atomic E-state index is -0.0941. The monoisotopic (exact) mass is 283 g/mol. The van der Waals surface area contributed by atoms with Crippen molar-refractivity contribution in [2.75, 3.05) is 26.2 Å². The molecule has 0 bridgehead atoms. The third kappa shape index (κ3) is 4.19. The largest absolute Gasteiger partial charge is 0.396 e. The average molecular weight is 283 g/mol. The maximum Gasteiger partial charge on any atom is 0.0760 e. The first-order valence-corrected chi connectivity index (χ1v) is 8.29. The van der Waals surface area contributed by atoms with E-state index in [0.29, 0.717) is 6.61 Å². The van der Waals surface area contributed by atoms with Gasteiger partial charge in [0.05, 0.1) is 11.2 Å². The van der Waals surface area contributed by atoms with Gasteiger partial charge in [0.2, 0.25) is 0 Å².